The van der Waals surface area contributed by atoms with Gasteiger partial charge in [0.2, 0.25) is 0 Å². The summed E-state index contributed by atoms with van der Waals surface area (Å²) in [7, 11) is 4.96. The van der Waals surface area contributed by atoms with E-state index in [1.165, 1.54) is 0 Å². The molecule has 0 radical (unpaired) electrons. The Balaban J connectivity index is 2.58. The second-order valence-electron chi connectivity index (χ2n) is 4.63. The summed E-state index contributed by atoms with van der Waals surface area (Å²) >= 11 is 0. The third-order valence-corrected chi connectivity index (χ3v) is 3.62. The lowest BCUT2D eigenvalue weighted by molar-refractivity contribution is 0.355. The molecule has 0 unspecified atom stereocenters. The van der Waals surface area contributed by atoms with E-state index in [2.05, 4.69) is 0 Å². The largest absolute Gasteiger partial charge is 0.493 e. The van der Waals surface area contributed by atoms with Crippen molar-refractivity contribution >= 4 is 21.7 Å². The van der Waals surface area contributed by atoms with Gasteiger partial charge in [0.25, 0.3) is 5.56 Å². The summed E-state index contributed by atoms with van der Waals surface area (Å²) in [6, 6.07) is 11.3. The Morgan fingerprint density at radius 2 is 1.50 bits per heavy atom. The van der Waals surface area contributed by atoms with Gasteiger partial charge in [0.05, 0.1) is 19.7 Å². The third-order valence-electron chi connectivity index (χ3n) is 3.62. The first-order chi connectivity index (χ1) is 9.67. The van der Waals surface area contributed by atoms with Gasteiger partial charge in [0.1, 0.15) is 0 Å². The van der Waals surface area contributed by atoms with E-state index in [1.807, 2.05) is 36.4 Å². The molecule has 3 rings (SSSR count). The minimum Gasteiger partial charge on any atom is -0.493 e. The summed E-state index contributed by atoms with van der Waals surface area (Å²) in [4.78, 5) is 12.4. The van der Waals surface area contributed by atoms with Crippen molar-refractivity contribution in [1.82, 2.24) is 4.57 Å². The standard InChI is InChI=1S/C16H15NO3/c1-17-13-9-15(20-3)14(19-2)8-12(13)10-6-4-5-7-11(10)16(17)18/h4-9H,1-3H3. The molecular weight excluding hydrogens is 254 g/mol. The van der Waals surface area contributed by atoms with Gasteiger partial charge >= 0.3 is 0 Å². The third kappa shape index (κ3) is 1.65. The summed E-state index contributed by atoms with van der Waals surface area (Å²) in [5.41, 5.74) is 0.812. The van der Waals surface area contributed by atoms with Gasteiger partial charge in [-0.3, -0.25) is 4.79 Å². The zero-order valence-corrected chi connectivity index (χ0v) is 11.6. The Morgan fingerprint density at radius 3 is 2.15 bits per heavy atom. The monoisotopic (exact) mass is 269 g/mol. The summed E-state index contributed by atoms with van der Waals surface area (Å²) in [5.74, 6) is 1.27. The molecule has 0 spiro atoms. The topological polar surface area (TPSA) is 40.5 Å². The van der Waals surface area contributed by atoms with E-state index in [1.54, 1.807) is 25.8 Å². The fourth-order valence-electron chi connectivity index (χ4n) is 2.56. The molecule has 0 aliphatic heterocycles. The molecular formula is C16H15NO3. The highest BCUT2D eigenvalue weighted by Crippen LogP contribution is 2.34. The second-order valence-corrected chi connectivity index (χ2v) is 4.63. The van der Waals surface area contributed by atoms with Crippen LogP contribution < -0.4 is 15.0 Å². The molecule has 20 heavy (non-hydrogen) atoms. The number of benzene rings is 2. The van der Waals surface area contributed by atoms with Crippen molar-refractivity contribution in [1.29, 1.82) is 0 Å². The Hall–Kier alpha value is -2.49. The molecule has 0 saturated carbocycles. The number of rotatable bonds is 2. The van der Waals surface area contributed by atoms with Crippen molar-refractivity contribution < 1.29 is 9.47 Å². The predicted octanol–water partition coefficient (Wildman–Crippen LogP) is 2.71. The highest BCUT2D eigenvalue weighted by Gasteiger charge is 2.12. The van der Waals surface area contributed by atoms with Gasteiger partial charge in [-0.2, -0.15) is 0 Å². The van der Waals surface area contributed by atoms with E-state index in [0.717, 1.165) is 16.3 Å². The van der Waals surface area contributed by atoms with Gasteiger partial charge in [-0.25, -0.2) is 0 Å². The highest BCUT2D eigenvalue weighted by atomic mass is 16.5. The smallest absolute Gasteiger partial charge is 0.258 e. The molecule has 0 bridgehead atoms. The second kappa shape index (κ2) is 4.56. The van der Waals surface area contributed by atoms with Crippen molar-refractivity contribution in [2.24, 2.45) is 7.05 Å². The van der Waals surface area contributed by atoms with Crippen LogP contribution in [0.2, 0.25) is 0 Å². The Labute approximate surface area is 116 Å². The molecule has 0 saturated heterocycles. The average Bonchev–Trinajstić information content (AvgIpc) is 2.51. The SMILES string of the molecule is COc1cc2c3ccccc3c(=O)n(C)c2cc1OC. The maximum absolute atomic E-state index is 12.4. The molecule has 1 aromatic heterocycles. The van der Waals surface area contributed by atoms with Crippen molar-refractivity contribution in [2.75, 3.05) is 14.2 Å². The number of hydrogen-bond acceptors (Lipinski definition) is 3. The molecule has 0 N–H and O–H groups in total. The molecule has 102 valence electrons. The number of pyridine rings is 1. The summed E-state index contributed by atoms with van der Waals surface area (Å²) < 4.78 is 12.3. The van der Waals surface area contributed by atoms with Crippen LogP contribution in [0.25, 0.3) is 21.7 Å². The van der Waals surface area contributed by atoms with Crippen molar-refractivity contribution in [2.45, 2.75) is 0 Å². The van der Waals surface area contributed by atoms with Crippen LogP contribution in [0.4, 0.5) is 0 Å². The summed E-state index contributed by atoms with van der Waals surface area (Å²) in [6.45, 7) is 0. The Morgan fingerprint density at radius 1 is 0.900 bits per heavy atom. The number of ether oxygens (including phenoxy) is 2. The Kier molecular flexibility index (Phi) is 2.86. The minimum atomic E-state index is -0.0136. The quantitative estimate of drug-likeness (QED) is 0.672. The van der Waals surface area contributed by atoms with E-state index in [0.29, 0.717) is 16.9 Å². The first-order valence-electron chi connectivity index (χ1n) is 6.31. The maximum Gasteiger partial charge on any atom is 0.258 e. The molecule has 4 heteroatoms. The molecule has 0 aliphatic rings. The van der Waals surface area contributed by atoms with Crippen LogP contribution in [-0.4, -0.2) is 18.8 Å². The molecule has 0 fully saturated rings. The Bertz CT molecular complexity index is 865. The van der Waals surface area contributed by atoms with E-state index in [4.69, 9.17) is 9.47 Å². The van der Waals surface area contributed by atoms with Gasteiger partial charge in [0, 0.05) is 23.9 Å². The van der Waals surface area contributed by atoms with Gasteiger partial charge in [-0.15, -0.1) is 0 Å². The van der Waals surface area contributed by atoms with E-state index < -0.39 is 0 Å². The number of hydrogen-bond donors (Lipinski definition) is 0. The van der Waals surface area contributed by atoms with Gasteiger partial charge in [0.15, 0.2) is 11.5 Å². The number of fused-ring (bicyclic) bond motifs is 3. The van der Waals surface area contributed by atoms with Gasteiger partial charge < -0.3 is 14.0 Å². The van der Waals surface area contributed by atoms with Crippen LogP contribution in [0, 0.1) is 0 Å². The van der Waals surface area contributed by atoms with Gasteiger partial charge in [-0.1, -0.05) is 18.2 Å². The van der Waals surface area contributed by atoms with Crippen LogP contribution >= 0.6 is 0 Å². The fourth-order valence-corrected chi connectivity index (χ4v) is 2.56. The molecule has 0 atom stereocenters. The van der Waals surface area contributed by atoms with Crippen molar-refractivity contribution in [3.05, 3.63) is 46.8 Å². The van der Waals surface area contributed by atoms with Gasteiger partial charge in [-0.05, 0) is 17.5 Å². The summed E-state index contributed by atoms with van der Waals surface area (Å²) in [5, 5.41) is 2.60. The number of nitrogens with zero attached hydrogens (tertiary/aromatic N) is 1. The van der Waals surface area contributed by atoms with Crippen molar-refractivity contribution in [3.8, 4) is 11.5 Å². The zero-order chi connectivity index (χ0) is 14.3. The number of aryl methyl sites for hydroxylation is 1. The zero-order valence-electron chi connectivity index (χ0n) is 11.6. The van der Waals surface area contributed by atoms with E-state index in [-0.39, 0.29) is 5.56 Å². The van der Waals surface area contributed by atoms with Crippen LogP contribution in [0.3, 0.4) is 0 Å². The lowest BCUT2D eigenvalue weighted by atomic mass is 10.1. The first kappa shape index (κ1) is 12.5. The van der Waals surface area contributed by atoms with Crippen LogP contribution in [0.5, 0.6) is 11.5 Å². The number of methoxy groups -OCH3 is 2. The van der Waals surface area contributed by atoms with E-state index >= 15 is 0 Å². The molecule has 0 amide bonds. The fraction of sp³-hybridized carbons (Fsp3) is 0.188. The average molecular weight is 269 g/mol. The first-order valence-corrected chi connectivity index (χ1v) is 6.31. The van der Waals surface area contributed by atoms with Crippen LogP contribution in [0.1, 0.15) is 0 Å². The predicted molar refractivity (Wildman–Crippen MR) is 79.8 cm³/mol. The number of aromatic nitrogens is 1. The molecule has 1 heterocycles. The lowest BCUT2D eigenvalue weighted by Crippen LogP contribution is -2.17. The summed E-state index contributed by atoms with van der Waals surface area (Å²) in [6.07, 6.45) is 0. The molecule has 4 nitrogen and oxygen atoms in total. The molecule has 0 aliphatic carbocycles. The van der Waals surface area contributed by atoms with Crippen LogP contribution in [-0.2, 0) is 7.05 Å². The van der Waals surface area contributed by atoms with Crippen LogP contribution in [0.15, 0.2) is 41.2 Å². The lowest BCUT2D eigenvalue weighted by Gasteiger charge is -2.13. The highest BCUT2D eigenvalue weighted by molar-refractivity contribution is 6.06. The van der Waals surface area contributed by atoms with Crippen molar-refractivity contribution in [3.63, 3.8) is 0 Å². The minimum absolute atomic E-state index is 0.0136. The molecule has 3 aromatic rings. The van der Waals surface area contributed by atoms with E-state index in [9.17, 15) is 4.79 Å². The normalized spacial score (nSPS) is 10.9. The maximum atomic E-state index is 12.4. The molecule has 2 aromatic carbocycles.